The minimum atomic E-state index is 0. The molecule has 0 unspecified atom stereocenters. The van der Waals surface area contributed by atoms with E-state index in [2.05, 4.69) is 14.9 Å². The van der Waals surface area contributed by atoms with Crippen molar-refractivity contribution in [3.63, 3.8) is 0 Å². The predicted molar refractivity (Wildman–Crippen MR) is 80.0 cm³/mol. The second-order valence-electron chi connectivity index (χ2n) is 5.04. The van der Waals surface area contributed by atoms with Crippen molar-refractivity contribution in [2.45, 2.75) is 44.7 Å². The van der Waals surface area contributed by atoms with Gasteiger partial charge in [0.2, 0.25) is 0 Å². The molecule has 0 aliphatic carbocycles. The Labute approximate surface area is 131 Å². The monoisotopic (exact) mass is 316 g/mol. The lowest BCUT2D eigenvalue weighted by atomic mass is 10.1. The van der Waals surface area contributed by atoms with Crippen LogP contribution in [0.15, 0.2) is 9.95 Å². The molecule has 2 heterocycles. The van der Waals surface area contributed by atoms with Crippen molar-refractivity contribution < 1.29 is 12.4 Å². The number of rotatable bonds is 5. The van der Waals surface area contributed by atoms with E-state index in [1.54, 1.807) is 11.8 Å². The van der Waals surface area contributed by atoms with Crippen LogP contribution in [-0.4, -0.2) is 40.3 Å². The number of piperidine rings is 1. The molecule has 0 atom stereocenters. The highest BCUT2D eigenvalue weighted by Gasteiger charge is 2.10. The van der Waals surface area contributed by atoms with E-state index in [0.29, 0.717) is 0 Å². The number of nitrogens with one attached hydrogen (secondary N) is 1. The van der Waals surface area contributed by atoms with Crippen LogP contribution in [0.1, 0.15) is 37.4 Å². The van der Waals surface area contributed by atoms with Crippen molar-refractivity contribution in [3.05, 3.63) is 21.6 Å². The van der Waals surface area contributed by atoms with Crippen LogP contribution in [0.2, 0.25) is 0 Å². The number of likely N-dealkylation sites (tertiary alicyclic amines) is 1. The molecular formula is C14H23ClN3OS-. The van der Waals surface area contributed by atoms with Crippen molar-refractivity contribution in [1.82, 2.24) is 14.9 Å². The third-order valence-corrected chi connectivity index (χ3v) is 4.50. The van der Waals surface area contributed by atoms with Crippen LogP contribution in [0, 0.1) is 6.92 Å². The van der Waals surface area contributed by atoms with E-state index in [4.69, 9.17) is 0 Å². The van der Waals surface area contributed by atoms with Crippen LogP contribution in [0.25, 0.3) is 0 Å². The van der Waals surface area contributed by atoms with Gasteiger partial charge in [0, 0.05) is 23.6 Å². The van der Waals surface area contributed by atoms with Crippen LogP contribution in [0.5, 0.6) is 0 Å². The van der Waals surface area contributed by atoms with Crippen LogP contribution < -0.4 is 18.0 Å². The average molecular weight is 317 g/mol. The molecule has 1 N–H and O–H groups in total. The Balaban J connectivity index is 0.00000200. The highest BCUT2D eigenvalue weighted by Crippen LogP contribution is 2.15. The van der Waals surface area contributed by atoms with Gasteiger partial charge in [-0.3, -0.25) is 4.79 Å². The molecule has 0 amide bonds. The highest BCUT2D eigenvalue weighted by molar-refractivity contribution is 7.99. The fraction of sp³-hybridized carbons (Fsp3) is 0.714. The van der Waals surface area contributed by atoms with E-state index in [0.717, 1.165) is 35.1 Å². The summed E-state index contributed by atoms with van der Waals surface area (Å²) in [5.74, 6) is 0.994. The third kappa shape index (κ3) is 4.79. The molecule has 1 aliphatic heterocycles. The third-order valence-electron chi connectivity index (χ3n) is 3.65. The number of aryl methyl sites for hydroxylation is 1. The van der Waals surface area contributed by atoms with Crippen LogP contribution in [-0.2, 0) is 6.42 Å². The van der Waals surface area contributed by atoms with Crippen molar-refractivity contribution in [2.75, 3.05) is 25.4 Å². The maximum absolute atomic E-state index is 11.8. The molecular weight excluding hydrogens is 294 g/mol. The molecule has 0 radical (unpaired) electrons. The second-order valence-corrected chi connectivity index (χ2v) is 6.12. The quantitative estimate of drug-likeness (QED) is 0.572. The van der Waals surface area contributed by atoms with Gasteiger partial charge >= 0.3 is 0 Å². The first-order valence-electron chi connectivity index (χ1n) is 7.15. The van der Waals surface area contributed by atoms with E-state index < -0.39 is 0 Å². The molecule has 6 heteroatoms. The summed E-state index contributed by atoms with van der Waals surface area (Å²) in [5, 5.41) is 0.761. The van der Waals surface area contributed by atoms with Gasteiger partial charge in [0.15, 0.2) is 5.16 Å². The first-order chi connectivity index (χ1) is 9.20. The topological polar surface area (TPSA) is 49.0 Å². The minimum absolute atomic E-state index is 0. The van der Waals surface area contributed by atoms with Gasteiger partial charge < -0.3 is 22.3 Å². The van der Waals surface area contributed by atoms with Crippen molar-refractivity contribution in [1.29, 1.82) is 0 Å². The smallest absolute Gasteiger partial charge is 0.254 e. The second kappa shape index (κ2) is 8.70. The van der Waals surface area contributed by atoms with Gasteiger partial charge in [-0.05, 0) is 39.3 Å². The summed E-state index contributed by atoms with van der Waals surface area (Å²) in [6.45, 7) is 7.44. The van der Waals surface area contributed by atoms with Crippen molar-refractivity contribution in [3.8, 4) is 0 Å². The summed E-state index contributed by atoms with van der Waals surface area (Å²) in [6.07, 6.45) is 4.76. The summed E-state index contributed by atoms with van der Waals surface area (Å²) in [5.41, 5.74) is 1.70. The molecule has 20 heavy (non-hydrogen) atoms. The first kappa shape index (κ1) is 17.5. The zero-order valence-electron chi connectivity index (χ0n) is 12.2. The Bertz CT molecular complexity index is 472. The van der Waals surface area contributed by atoms with Crippen LogP contribution in [0.4, 0.5) is 0 Å². The normalized spacial score (nSPS) is 15.9. The molecule has 114 valence electrons. The maximum atomic E-state index is 11.8. The molecule has 1 saturated heterocycles. The summed E-state index contributed by atoms with van der Waals surface area (Å²) in [7, 11) is 0. The SMILES string of the molecule is CCc1c(C)nc(SCCN2CCCCC2)[nH]c1=O.[Cl-]. The molecule has 4 nitrogen and oxygen atoms in total. The van der Waals surface area contributed by atoms with Crippen LogP contribution >= 0.6 is 11.8 Å². The molecule has 0 saturated carbocycles. The number of hydrogen-bond donors (Lipinski definition) is 1. The van der Waals surface area contributed by atoms with E-state index in [9.17, 15) is 4.79 Å². The maximum Gasteiger partial charge on any atom is 0.254 e. The number of nitrogens with zero attached hydrogens (tertiary/aromatic N) is 2. The lowest BCUT2D eigenvalue weighted by molar-refractivity contribution is -0.00000424. The van der Waals surface area contributed by atoms with E-state index in [1.807, 2.05) is 13.8 Å². The number of aromatic amines is 1. The van der Waals surface area contributed by atoms with Crippen LogP contribution in [0.3, 0.4) is 0 Å². The Morgan fingerprint density at radius 1 is 1.30 bits per heavy atom. The van der Waals surface area contributed by atoms with E-state index in [-0.39, 0.29) is 18.0 Å². The molecule has 0 bridgehead atoms. The molecule has 1 aromatic rings. The Hall–Kier alpha value is -0.520. The lowest BCUT2D eigenvalue weighted by Crippen LogP contribution is -3.00. The van der Waals surface area contributed by atoms with Gasteiger partial charge in [-0.1, -0.05) is 25.1 Å². The number of aromatic nitrogens is 2. The molecule has 0 aromatic carbocycles. The predicted octanol–water partition coefficient (Wildman–Crippen LogP) is -0.777. The van der Waals surface area contributed by atoms with Crippen molar-refractivity contribution >= 4 is 11.8 Å². The first-order valence-corrected chi connectivity index (χ1v) is 8.14. The van der Waals surface area contributed by atoms with Gasteiger partial charge in [-0.15, -0.1) is 0 Å². The zero-order valence-corrected chi connectivity index (χ0v) is 13.8. The molecule has 1 fully saturated rings. The fourth-order valence-electron chi connectivity index (χ4n) is 2.52. The Morgan fingerprint density at radius 3 is 2.60 bits per heavy atom. The van der Waals surface area contributed by atoms with Gasteiger partial charge in [-0.25, -0.2) is 4.98 Å². The van der Waals surface area contributed by atoms with Gasteiger partial charge in [0.05, 0.1) is 0 Å². The summed E-state index contributed by atoms with van der Waals surface area (Å²) in [4.78, 5) is 21.7. The number of thioether (sulfide) groups is 1. The number of halogens is 1. The summed E-state index contributed by atoms with van der Waals surface area (Å²) >= 11 is 1.65. The zero-order chi connectivity index (χ0) is 13.7. The van der Waals surface area contributed by atoms with Gasteiger partial charge in [0.1, 0.15) is 0 Å². The molecule has 1 aromatic heterocycles. The Kier molecular flexibility index (Phi) is 7.62. The minimum Gasteiger partial charge on any atom is -1.00 e. The van der Waals surface area contributed by atoms with Gasteiger partial charge in [-0.2, -0.15) is 0 Å². The standard InChI is InChI=1S/C14H23N3OS.ClH/c1-3-12-11(2)15-14(16-13(12)18)19-10-9-17-7-5-4-6-8-17;/h3-10H2,1-2H3,(H,15,16,18);1H/p-1. The highest BCUT2D eigenvalue weighted by atomic mass is 35.5. The molecule has 2 rings (SSSR count). The fourth-order valence-corrected chi connectivity index (χ4v) is 3.43. The van der Waals surface area contributed by atoms with Crippen molar-refractivity contribution in [2.24, 2.45) is 0 Å². The number of hydrogen-bond acceptors (Lipinski definition) is 4. The molecule has 1 aliphatic rings. The number of H-pyrrole nitrogens is 1. The Morgan fingerprint density at radius 2 is 2.00 bits per heavy atom. The van der Waals surface area contributed by atoms with E-state index >= 15 is 0 Å². The van der Waals surface area contributed by atoms with E-state index in [1.165, 1.54) is 32.4 Å². The largest absolute Gasteiger partial charge is 1.00 e. The molecule has 0 spiro atoms. The van der Waals surface area contributed by atoms with Gasteiger partial charge in [0.25, 0.3) is 5.56 Å². The lowest BCUT2D eigenvalue weighted by Gasteiger charge is -2.25. The average Bonchev–Trinajstić information content (AvgIpc) is 2.40. The summed E-state index contributed by atoms with van der Waals surface area (Å²) < 4.78 is 0. The summed E-state index contributed by atoms with van der Waals surface area (Å²) in [6, 6.07) is 0.